The lowest BCUT2D eigenvalue weighted by molar-refractivity contribution is 0.0904. The number of halogens is 2. The van der Waals surface area contributed by atoms with Gasteiger partial charge in [-0.05, 0) is 37.1 Å². The van der Waals surface area contributed by atoms with Crippen molar-refractivity contribution < 1.29 is 27.3 Å². The van der Waals surface area contributed by atoms with Gasteiger partial charge in [0.05, 0.1) is 23.3 Å². The molecule has 2 aliphatic heterocycles. The van der Waals surface area contributed by atoms with Gasteiger partial charge in [0.2, 0.25) is 0 Å². The molecule has 0 radical (unpaired) electrons. The van der Waals surface area contributed by atoms with Crippen LogP contribution in [0, 0.1) is 11.6 Å². The number of aromatic amines is 1. The Hall–Kier alpha value is -3.35. The van der Waals surface area contributed by atoms with E-state index in [2.05, 4.69) is 20.8 Å². The molecule has 1 amide bonds. The van der Waals surface area contributed by atoms with Gasteiger partial charge in [-0.1, -0.05) is 0 Å². The van der Waals surface area contributed by atoms with E-state index in [9.17, 15) is 17.8 Å². The first kappa shape index (κ1) is 25.3. The van der Waals surface area contributed by atoms with Crippen LogP contribution < -0.4 is 15.4 Å². The van der Waals surface area contributed by atoms with E-state index in [1.165, 1.54) is 0 Å². The Balaban J connectivity index is 1.34. The molecule has 0 aliphatic carbocycles. The molecule has 12 heteroatoms. The Morgan fingerprint density at radius 1 is 1.19 bits per heavy atom. The molecule has 3 heterocycles. The second kappa shape index (κ2) is 11.0. The molecule has 0 bridgehead atoms. The van der Waals surface area contributed by atoms with Crippen molar-refractivity contribution >= 4 is 28.4 Å². The van der Waals surface area contributed by atoms with Gasteiger partial charge in [0.1, 0.15) is 28.4 Å². The Bertz CT molecular complexity index is 1310. The third kappa shape index (κ3) is 5.65. The predicted molar refractivity (Wildman–Crippen MR) is 134 cm³/mol. The summed E-state index contributed by atoms with van der Waals surface area (Å²) in [5.74, 6) is -1.00. The van der Waals surface area contributed by atoms with Crippen molar-refractivity contribution in [3.63, 3.8) is 0 Å². The van der Waals surface area contributed by atoms with Crippen molar-refractivity contribution in [2.24, 2.45) is 0 Å². The van der Waals surface area contributed by atoms with E-state index >= 15 is 0 Å². The molecule has 1 fully saturated rings. The summed E-state index contributed by atoms with van der Waals surface area (Å²) >= 11 is 0. The fourth-order valence-corrected chi connectivity index (χ4v) is 5.73. The summed E-state index contributed by atoms with van der Waals surface area (Å²) in [5.41, 5.74) is 2.56. The van der Waals surface area contributed by atoms with Crippen molar-refractivity contribution in [2.75, 3.05) is 37.5 Å². The topological polar surface area (TPSA) is 109 Å². The Morgan fingerprint density at radius 3 is 2.68 bits per heavy atom. The fourth-order valence-electron chi connectivity index (χ4n) is 4.50. The first-order valence-electron chi connectivity index (χ1n) is 11.9. The molecule has 2 aliphatic rings. The van der Waals surface area contributed by atoms with Crippen molar-refractivity contribution in [1.29, 1.82) is 0 Å². The monoisotopic (exact) mass is 531 g/mol. The van der Waals surface area contributed by atoms with E-state index < -0.39 is 22.6 Å². The molecule has 0 spiro atoms. The number of rotatable bonds is 7. The zero-order chi connectivity index (χ0) is 25.9. The summed E-state index contributed by atoms with van der Waals surface area (Å²) in [7, 11) is -0.219. The Morgan fingerprint density at radius 2 is 1.95 bits per heavy atom. The lowest BCUT2D eigenvalue weighted by atomic mass is 10.1. The molecule has 3 N–H and O–H groups in total. The molecule has 1 aromatic heterocycles. The Labute approximate surface area is 215 Å². The van der Waals surface area contributed by atoms with Gasteiger partial charge < -0.3 is 20.1 Å². The van der Waals surface area contributed by atoms with Crippen LogP contribution in [0.15, 0.2) is 41.3 Å². The smallest absolute Gasteiger partial charge is 0.258 e. The number of H-pyrrole nitrogens is 1. The molecule has 1 saturated heterocycles. The highest BCUT2D eigenvalue weighted by atomic mass is 32.2. The quantitative estimate of drug-likeness (QED) is 0.430. The molecule has 196 valence electrons. The van der Waals surface area contributed by atoms with E-state index in [0.29, 0.717) is 54.6 Å². The third-order valence-corrected chi connectivity index (χ3v) is 7.87. The van der Waals surface area contributed by atoms with Crippen LogP contribution in [-0.2, 0) is 28.7 Å². The van der Waals surface area contributed by atoms with Gasteiger partial charge >= 0.3 is 0 Å². The van der Waals surface area contributed by atoms with Crippen LogP contribution in [0.2, 0.25) is 0 Å². The van der Waals surface area contributed by atoms with Crippen molar-refractivity contribution in [3.05, 3.63) is 64.9 Å². The summed E-state index contributed by atoms with van der Waals surface area (Å²) in [6, 6.07) is 8.22. The number of amides is 1. The number of carbonyl (C=O) groups is 1. The van der Waals surface area contributed by atoms with Gasteiger partial charge in [0.15, 0.2) is 5.82 Å². The minimum Gasteiger partial charge on any atom is -0.497 e. The minimum atomic E-state index is -1.79. The molecular weight excluding hydrogens is 504 g/mol. The molecule has 1 unspecified atom stereocenters. The predicted octanol–water partition coefficient (Wildman–Crippen LogP) is 3.62. The van der Waals surface area contributed by atoms with Crippen LogP contribution in [0.1, 0.15) is 34.5 Å². The number of carbonyl (C=O) groups excluding carboxylic acids is 1. The maximum atomic E-state index is 13.7. The molecular formula is C25H27F2N5O4S. The minimum absolute atomic E-state index is 0.0390. The lowest BCUT2D eigenvalue weighted by Crippen LogP contribution is -2.32. The highest BCUT2D eigenvalue weighted by Crippen LogP contribution is 2.29. The van der Waals surface area contributed by atoms with Crippen molar-refractivity contribution in [1.82, 2.24) is 14.5 Å². The number of nitrogens with zero attached hydrogens (tertiary/aromatic N) is 2. The zero-order valence-electron chi connectivity index (χ0n) is 20.2. The number of fused-ring (bicyclic) bond motifs is 1. The highest BCUT2D eigenvalue weighted by Gasteiger charge is 2.28. The lowest BCUT2D eigenvalue weighted by Gasteiger charge is -2.26. The second-order valence-corrected chi connectivity index (χ2v) is 10.4. The molecule has 2 aromatic carbocycles. The maximum absolute atomic E-state index is 13.7. The number of nitrogens with one attached hydrogen (secondary N) is 3. The maximum Gasteiger partial charge on any atom is 0.258 e. The first-order valence-corrected chi connectivity index (χ1v) is 13.0. The SMILES string of the molecule is COc1ccc(C(=O)Nc2n[nH]c3c2CN(S(=O)c2cc(F)cc(F)c2)CC3)c(NC2CCOCC2)c1. The molecule has 9 nitrogen and oxygen atoms in total. The van der Waals surface area contributed by atoms with Gasteiger partial charge in [-0.25, -0.2) is 17.3 Å². The molecule has 37 heavy (non-hydrogen) atoms. The summed E-state index contributed by atoms with van der Waals surface area (Å²) in [5, 5.41) is 13.5. The summed E-state index contributed by atoms with van der Waals surface area (Å²) in [6.07, 6.45) is 2.14. The molecule has 1 atom stereocenters. The fraction of sp³-hybridized carbons (Fsp3) is 0.360. The second-order valence-electron chi connectivity index (χ2n) is 8.89. The number of hydrogen-bond donors (Lipinski definition) is 3. The average molecular weight is 532 g/mol. The standard InChI is InChI=1S/C25H27F2N5O4S/c1-35-18-2-3-20(23(13-18)28-17-5-8-36-9-6-17)25(33)29-24-21-14-32(7-4-22(21)30-31-24)37(34)19-11-15(26)10-16(27)12-19/h2-3,10-13,17,28H,4-9,14H2,1H3,(H2,29,30,31,33). The van der Waals surface area contributed by atoms with Crippen LogP contribution in [0.3, 0.4) is 0 Å². The largest absolute Gasteiger partial charge is 0.497 e. The number of aromatic nitrogens is 2. The van der Waals surface area contributed by atoms with Crippen LogP contribution >= 0.6 is 0 Å². The van der Waals surface area contributed by atoms with Crippen molar-refractivity contribution in [3.8, 4) is 5.75 Å². The van der Waals surface area contributed by atoms with Crippen LogP contribution in [0.5, 0.6) is 5.75 Å². The van der Waals surface area contributed by atoms with Crippen LogP contribution in [0.25, 0.3) is 0 Å². The van der Waals surface area contributed by atoms with E-state index in [-0.39, 0.29) is 23.4 Å². The van der Waals surface area contributed by atoms with E-state index in [0.717, 1.165) is 36.7 Å². The summed E-state index contributed by atoms with van der Waals surface area (Å²) in [4.78, 5) is 13.4. The molecule has 0 saturated carbocycles. The van der Waals surface area contributed by atoms with E-state index in [1.807, 2.05) is 0 Å². The van der Waals surface area contributed by atoms with Gasteiger partial charge in [-0.2, -0.15) is 5.10 Å². The highest BCUT2D eigenvalue weighted by molar-refractivity contribution is 7.82. The number of anilines is 2. The average Bonchev–Trinajstić information content (AvgIpc) is 3.30. The first-order chi connectivity index (χ1) is 17.9. The van der Waals surface area contributed by atoms with Gasteiger partial charge in [0.25, 0.3) is 5.91 Å². The summed E-state index contributed by atoms with van der Waals surface area (Å²) in [6.45, 7) is 1.89. The van der Waals surface area contributed by atoms with Crippen molar-refractivity contribution in [2.45, 2.75) is 36.7 Å². The van der Waals surface area contributed by atoms with Crippen LogP contribution in [0.4, 0.5) is 20.3 Å². The Kier molecular flexibility index (Phi) is 7.49. The van der Waals surface area contributed by atoms with E-state index in [4.69, 9.17) is 9.47 Å². The molecule has 5 rings (SSSR count). The molecule has 3 aromatic rings. The number of benzene rings is 2. The zero-order valence-corrected chi connectivity index (χ0v) is 21.0. The van der Waals surface area contributed by atoms with Gasteiger partial charge in [-0.15, -0.1) is 0 Å². The van der Waals surface area contributed by atoms with Gasteiger partial charge in [0, 0.05) is 62.2 Å². The summed E-state index contributed by atoms with van der Waals surface area (Å²) < 4.78 is 52.7. The normalized spacial score (nSPS) is 17.2. The number of hydrogen-bond acceptors (Lipinski definition) is 6. The third-order valence-electron chi connectivity index (χ3n) is 6.45. The number of ether oxygens (including phenoxy) is 2. The number of methoxy groups -OCH3 is 1. The van der Waals surface area contributed by atoms with Crippen LogP contribution in [-0.4, -0.2) is 57.5 Å². The van der Waals surface area contributed by atoms with E-state index in [1.54, 1.807) is 29.6 Å². The van der Waals surface area contributed by atoms with Gasteiger partial charge in [-0.3, -0.25) is 9.89 Å².